The molecule has 2 aromatic heterocycles. The zero-order valence-corrected chi connectivity index (χ0v) is 18.0. The molecule has 2 heterocycles. The second kappa shape index (κ2) is 7.20. The number of anilines is 1. The number of pyridine rings is 1. The second-order valence-electron chi connectivity index (χ2n) is 10.7. The largest absolute Gasteiger partial charge is 0.390 e. The molecule has 0 spiro atoms. The van der Waals surface area contributed by atoms with E-state index in [0.717, 1.165) is 61.7 Å². The van der Waals surface area contributed by atoms with E-state index >= 15 is 0 Å². The number of hydrogen-bond donors (Lipinski definition) is 4. The first kappa shape index (κ1) is 19.6. The molecule has 0 radical (unpaired) electrons. The van der Waals surface area contributed by atoms with Crippen molar-refractivity contribution in [1.29, 1.82) is 0 Å². The van der Waals surface area contributed by atoms with Crippen LogP contribution >= 0.6 is 0 Å². The molecule has 166 valence electrons. The molecule has 0 aromatic carbocycles. The molecule has 0 aliphatic heterocycles. The van der Waals surface area contributed by atoms with Crippen LogP contribution in [0, 0.1) is 17.8 Å². The van der Waals surface area contributed by atoms with Crippen molar-refractivity contribution >= 4 is 22.6 Å². The lowest BCUT2D eigenvalue weighted by molar-refractivity contribution is -0.129. The van der Waals surface area contributed by atoms with Crippen molar-refractivity contribution in [2.75, 3.05) is 5.32 Å². The van der Waals surface area contributed by atoms with Crippen LogP contribution in [0.3, 0.4) is 0 Å². The molecule has 4 bridgehead atoms. The molecule has 5 aliphatic carbocycles. The normalized spacial score (nSPS) is 34.9. The van der Waals surface area contributed by atoms with Crippen LogP contribution in [-0.4, -0.2) is 43.7 Å². The fourth-order valence-corrected chi connectivity index (χ4v) is 7.37. The van der Waals surface area contributed by atoms with Crippen molar-refractivity contribution in [2.45, 2.75) is 81.9 Å². The summed E-state index contributed by atoms with van der Waals surface area (Å²) in [6, 6.07) is 2.38. The summed E-state index contributed by atoms with van der Waals surface area (Å²) in [7, 11) is 0. The number of aromatic amines is 1. The van der Waals surface area contributed by atoms with Gasteiger partial charge in [-0.15, -0.1) is 0 Å². The van der Waals surface area contributed by atoms with Crippen LogP contribution in [0.25, 0.3) is 11.0 Å². The van der Waals surface area contributed by atoms with Gasteiger partial charge in [-0.3, -0.25) is 9.80 Å². The van der Waals surface area contributed by atoms with Gasteiger partial charge in [0.2, 0.25) is 0 Å². The van der Waals surface area contributed by atoms with Crippen LogP contribution < -0.4 is 11.2 Å². The first-order chi connectivity index (χ1) is 15.0. The maximum absolute atomic E-state index is 13.5. The Morgan fingerprint density at radius 1 is 1.19 bits per heavy atom. The summed E-state index contributed by atoms with van der Waals surface area (Å²) >= 11 is 0. The summed E-state index contributed by atoms with van der Waals surface area (Å²) in [5.74, 6) is 7.78. The summed E-state index contributed by atoms with van der Waals surface area (Å²) in [6.45, 7) is 0. The van der Waals surface area contributed by atoms with Crippen LogP contribution in [0.1, 0.15) is 74.6 Å². The van der Waals surface area contributed by atoms with Gasteiger partial charge in [0.05, 0.1) is 16.9 Å². The summed E-state index contributed by atoms with van der Waals surface area (Å²) in [4.78, 5) is 21.2. The predicted octanol–water partition coefficient (Wildman–Crippen LogP) is 3.56. The van der Waals surface area contributed by atoms with Crippen LogP contribution in [0.15, 0.2) is 18.5 Å². The number of carbonyl (C=O) groups is 1. The molecule has 31 heavy (non-hydrogen) atoms. The molecule has 5 aliphatic rings. The van der Waals surface area contributed by atoms with E-state index in [9.17, 15) is 9.90 Å². The fraction of sp³-hybridized carbons (Fsp3) is 0.667. The maximum atomic E-state index is 13.5. The van der Waals surface area contributed by atoms with E-state index < -0.39 is 5.60 Å². The van der Waals surface area contributed by atoms with Gasteiger partial charge in [-0.25, -0.2) is 10.8 Å². The van der Waals surface area contributed by atoms with E-state index in [2.05, 4.69) is 15.3 Å². The lowest BCUT2D eigenvalue weighted by Crippen LogP contribution is -2.59. The molecule has 7 heteroatoms. The minimum atomic E-state index is -0.468. The van der Waals surface area contributed by atoms with Crippen LogP contribution in [0.4, 0.5) is 5.69 Å². The van der Waals surface area contributed by atoms with Crippen molar-refractivity contribution in [2.24, 2.45) is 23.6 Å². The van der Waals surface area contributed by atoms with Crippen molar-refractivity contribution < 1.29 is 9.90 Å². The minimum Gasteiger partial charge on any atom is -0.390 e. The Labute approximate surface area is 182 Å². The number of nitrogens with zero attached hydrogens (tertiary/aromatic N) is 2. The molecule has 1 amide bonds. The average molecular weight is 424 g/mol. The van der Waals surface area contributed by atoms with Gasteiger partial charge < -0.3 is 15.4 Å². The number of amides is 1. The van der Waals surface area contributed by atoms with Gasteiger partial charge in [-0.1, -0.05) is 19.3 Å². The highest BCUT2D eigenvalue weighted by atomic mass is 16.3. The monoisotopic (exact) mass is 423 g/mol. The molecular weight excluding hydrogens is 390 g/mol. The van der Waals surface area contributed by atoms with Crippen molar-refractivity contribution in [1.82, 2.24) is 15.0 Å². The molecule has 0 saturated heterocycles. The smallest absolute Gasteiger partial charge is 0.271 e. The number of fused-ring (bicyclic) bond motifs is 1. The molecule has 5 N–H and O–H groups in total. The second-order valence-corrected chi connectivity index (χ2v) is 10.7. The molecule has 7 rings (SSSR count). The van der Waals surface area contributed by atoms with Gasteiger partial charge in [0.1, 0.15) is 5.65 Å². The lowest BCUT2D eigenvalue weighted by atomic mass is 9.52. The van der Waals surface area contributed by atoms with Crippen molar-refractivity contribution in [3.63, 3.8) is 0 Å². The van der Waals surface area contributed by atoms with Gasteiger partial charge >= 0.3 is 0 Å². The molecule has 1 unspecified atom stereocenters. The van der Waals surface area contributed by atoms with Gasteiger partial charge in [0, 0.05) is 29.9 Å². The van der Waals surface area contributed by atoms with Gasteiger partial charge in [0.15, 0.2) is 0 Å². The zero-order valence-electron chi connectivity index (χ0n) is 18.0. The SMILES string of the molecule is NN(C(=O)c1cnc2[nH]ccc2c1N[C@H]1[C@@H]2CC3C[C@H]1C[C@@](O)(C3)C2)C1CCCCC1. The summed E-state index contributed by atoms with van der Waals surface area (Å²) in [6.07, 6.45) is 14.0. The van der Waals surface area contributed by atoms with Crippen LogP contribution in [0.2, 0.25) is 0 Å². The number of aliphatic hydroxyl groups is 1. The molecular formula is C24H33N5O2. The molecule has 5 fully saturated rings. The Kier molecular flexibility index (Phi) is 4.54. The molecule has 5 saturated carbocycles. The average Bonchev–Trinajstić information content (AvgIpc) is 3.24. The fourth-order valence-electron chi connectivity index (χ4n) is 7.37. The van der Waals surface area contributed by atoms with Crippen LogP contribution in [0.5, 0.6) is 0 Å². The number of nitrogens with two attached hydrogens (primary N) is 1. The Morgan fingerprint density at radius 2 is 1.94 bits per heavy atom. The molecule has 5 atom stereocenters. The Balaban J connectivity index is 1.33. The summed E-state index contributed by atoms with van der Waals surface area (Å²) < 4.78 is 0. The van der Waals surface area contributed by atoms with Crippen LogP contribution in [-0.2, 0) is 0 Å². The predicted molar refractivity (Wildman–Crippen MR) is 119 cm³/mol. The number of nitrogens with one attached hydrogen (secondary N) is 2. The van der Waals surface area contributed by atoms with E-state index in [4.69, 9.17) is 5.84 Å². The topological polar surface area (TPSA) is 107 Å². The number of rotatable bonds is 4. The number of H-pyrrole nitrogens is 1. The first-order valence-corrected chi connectivity index (χ1v) is 12.0. The van der Waals surface area contributed by atoms with Gasteiger partial charge in [-0.05, 0) is 68.8 Å². The van der Waals surface area contributed by atoms with E-state index in [1.807, 2.05) is 12.3 Å². The highest BCUT2D eigenvalue weighted by Crippen LogP contribution is 2.56. The maximum Gasteiger partial charge on any atom is 0.271 e. The van der Waals surface area contributed by atoms with Gasteiger partial charge in [-0.2, -0.15) is 0 Å². The van der Waals surface area contributed by atoms with Crippen molar-refractivity contribution in [3.8, 4) is 0 Å². The Morgan fingerprint density at radius 3 is 2.65 bits per heavy atom. The Hall–Kier alpha value is -2.12. The highest BCUT2D eigenvalue weighted by Gasteiger charge is 2.54. The number of hydrazine groups is 1. The van der Waals surface area contributed by atoms with E-state index in [-0.39, 0.29) is 18.0 Å². The lowest BCUT2D eigenvalue weighted by Gasteiger charge is -2.58. The number of aromatic nitrogens is 2. The van der Waals surface area contributed by atoms with Gasteiger partial charge in [0.25, 0.3) is 5.91 Å². The highest BCUT2D eigenvalue weighted by molar-refractivity contribution is 6.06. The number of hydrogen-bond acceptors (Lipinski definition) is 5. The molecule has 2 aromatic rings. The van der Waals surface area contributed by atoms with E-state index in [1.54, 1.807) is 6.20 Å². The zero-order chi connectivity index (χ0) is 21.2. The third-order valence-corrected chi connectivity index (χ3v) is 8.57. The van der Waals surface area contributed by atoms with E-state index in [0.29, 0.717) is 23.3 Å². The third kappa shape index (κ3) is 3.24. The standard InChI is InChI=1S/C24H33N5O2/c25-29(17-4-2-1-3-5-17)23(30)19-13-27-22-18(6-7-26-22)21(19)28-20-15-8-14-9-16(20)12-24(31,10-14)11-15/h6-7,13-17,20,31H,1-5,8-12,25H2,(H2,26,27,28)/t14?,15-,16+,20+,24-. The molecule has 7 nitrogen and oxygen atoms in total. The van der Waals surface area contributed by atoms with Crippen molar-refractivity contribution in [3.05, 3.63) is 24.0 Å². The number of carbonyl (C=O) groups excluding carboxylic acids is 1. The summed E-state index contributed by atoms with van der Waals surface area (Å²) in [5, 5.41) is 17.2. The Bertz CT molecular complexity index is 981. The third-order valence-electron chi connectivity index (χ3n) is 8.57. The summed E-state index contributed by atoms with van der Waals surface area (Å²) in [5.41, 5.74) is 1.73. The van der Waals surface area contributed by atoms with E-state index in [1.165, 1.54) is 24.3 Å². The first-order valence-electron chi connectivity index (χ1n) is 12.0. The quantitative estimate of drug-likeness (QED) is 0.342. The minimum absolute atomic E-state index is 0.103.